The Labute approximate surface area is 165 Å². The molecule has 156 valence electrons. The molecule has 2 aromatic rings. The molecule has 0 spiro atoms. The molecule has 0 aliphatic rings. The summed E-state index contributed by atoms with van der Waals surface area (Å²) in [4.78, 5) is 32.8. The van der Waals surface area contributed by atoms with Gasteiger partial charge in [-0.05, 0) is 51.5 Å². The molecule has 1 aromatic heterocycles. The summed E-state index contributed by atoms with van der Waals surface area (Å²) < 4.78 is 39.9. The summed E-state index contributed by atoms with van der Waals surface area (Å²) in [6, 6.07) is 4.49. The minimum atomic E-state index is -4.75. The molecule has 0 radical (unpaired) electrons. The van der Waals surface area contributed by atoms with Gasteiger partial charge in [-0.1, -0.05) is 0 Å². The van der Waals surface area contributed by atoms with Crippen molar-refractivity contribution in [2.75, 3.05) is 16.8 Å². The number of aryl methyl sites for hydroxylation is 1. The summed E-state index contributed by atoms with van der Waals surface area (Å²) in [6.07, 6.45) is -4.75. The third kappa shape index (κ3) is 5.21. The van der Waals surface area contributed by atoms with E-state index >= 15 is 0 Å². The van der Waals surface area contributed by atoms with Gasteiger partial charge in [-0.15, -0.1) is 0 Å². The number of halogens is 3. The Kier molecular flexibility index (Phi) is 6.45. The fourth-order valence-corrected chi connectivity index (χ4v) is 2.74. The third-order valence-electron chi connectivity index (χ3n) is 4.17. The summed E-state index contributed by atoms with van der Waals surface area (Å²) in [6.45, 7) is 7.21. The van der Waals surface area contributed by atoms with E-state index in [0.29, 0.717) is 18.2 Å². The first-order valence-corrected chi connectivity index (χ1v) is 8.82. The van der Waals surface area contributed by atoms with Gasteiger partial charge in [0, 0.05) is 24.3 Å². The van der Waals surface area contributed by atoms with Gasteiger partial charge in [0.05, 0.1) is 5.56 Å². The Morgan fingerprint density at radius 2 is 1.86 bits per heavy atom. The van der Waals surface area contributed by atoms with E-state index in [0.717, 1.165) is 0 Å². The molecule has 0 aliphatic carbocycles. The fraction of sp³-hybridized carbons (Fsp3) is 0.368. The predicted octanol–water partition coefficient (Wildman–Crippen LogP) is 3.99. The van der Waals surface area contributed by atoms with Crippen LogP contribution in [0, 0.1) is 6.92 Å². The first kappa shape index (κ1) is 22.1. The molecule has 0 unspecified atom stereocenters. The van der Waals surface area contributed by atoms with E-state index < -0.39 is 29.4 Å². The van der Waals surface area contributed by atoms with E-state index in [9.17, 15) is 22.8 Å². The van der Waals surface area contributed by atoms with Crippen LogP contribution in [-0.2, 0) is 6.18 Å². The summed E-state index contributed by atoms with van der Waals surface area (Å²) in [5.41, 5.74) is -0.971. The number of aromatic carboxylic acids is 1. The van der Waals surface area contributed by atoms with Crippen molar-refractivity contribution >= 4 is 23.5 Å². The van der Waals surface area contributed by atoms with Crippen LogP contribution in [-0.4, -0.2) is 39.5 Å². The zero-order valence-corrected chi connectivity index (χ0v) is 16.3. The van der Waals surface area contributed by atoms with E-state index in [4.69, 9.17) is 5.11 Å². The number of carboxylic acid groups (broad SMARTS) is 1. The Balaban J connectivity index is 2.43. The number of amides is 1. The number of carbonyl (C=O) groups is 2. The lowest BCUT2D eigenvalue weighted by atomic mass is 10.1. The summed E-state index contributed by atoms with van der Waals surface area (Å²) in [7, 11) is 0. The van der Waals surface area contributed by atoms with Crippen molar-refractivity contribution in [3.63, 3.8) is 0 Å². The Bertz CT molecular complexity index is 929. The maximum atomic E-state index is 13.3. The molecule has 1 aromatic carbocycles. The molecule has 0 saturated carbocycles. The first-order valence-electron chi connectivity index (χ1n) is 8.82. The molecule has 1 amide bonds. The molecule has 2 N–H and O–H groups in total. The van der Waals surface area contributed by atoms with Crippen LogP contribution >= 0.6 is 0 Å². The van der Waals surface area contributed by atoms with Gasteiger partial charge in [0.25, 0.3) is 5.91 Å². The highest BCUT2D eigenvalue weighted by Gasteiger charge is 2.35. The van der Waals surface area contributed by atoms with Crippen LogP contribution in [0.3, 0.4) is 0 Å². The second kappa shape index (κ2) is 8.46. The average molecular weight is 410 g/mol. The lowest BCUT2D eigenvalue weighted by molar-refractivity contribution is -0.141. The second-order valence-corrected chi connectivity index (χ2v) is 6.60. The predicted molar refractivity (Wildman–Crippen MR) is 101 cm³/mol. The minimum Gasteiger partial charge on any atom is -0.478 e. The van der Waals surface area contributed by atoms with Crippen LogP contribution in [0.15, 0.2) is 24.3 Å². The zero-order valence-electron chi connectivity index (χ0n) is 16.3. The number of nitrogens with zero attached hydrogens (tertiary/aromatic N) is 3. The first-order chi connectivity index (χ1) is 13.4. The van der Waals surface area contributed by atoms with Crippen LogP contribution in [0.4, 0.5) is 24.8 Å². The molecular weight excluding hydrogens is 389 g/mol. The molecule has 7 nitrogen and oxygen atoms in total. The van der Waals surface area contributed by atoms with E-state index in [1.54, 1.807) is 27.7 Å². The van der Waals surface area contributed by atoms with E-state index in [2.05, 4.69) is 15.3 Å². The van der Waals surface area contributed by atoms with Gasteiger partial charge < -0.3 is 15.3 Å². The molecule has 29 heavy (non-hydrogen) atoms. The number of benzene rings is 1. The number of alkyl halides is 3. The maximum Gasteiger partial charge on any atom is 0.433 e. The maximum absolute atomic E-state index is 13.3. The summed E-state index contributed by atoms with van der Waals surface area (Å²) >= 11 is 0. The van der Waals surface area contributed by atoms with E-state index in [1.165, 1.54) is 23.1 Å². The van der Waals surface area contributed by atoms with Crippen molar-refractivity contribution in [2.45, 2.75) is 39.9 Å². The van der Waals surface area contributed by atoms with Gasteiger partial charge in [-0.25, -0.2) is 14.8 Å². The zero-order chi connectivity index (χ0) is 21.9. The van der Waals surface area contributed by atoms with Crippen molar-refractivity contribution in [3.8, 4) is 0 Å². The molecule has 0 bridgehead atoms. The number of rotatable bonds is 6. The number of nitrogens with one attached hydrogen (secondary N) is 1. The molecular formula is C19H21F3N4O3. The number of hydrogen-bond donors (Lipinski definition) is 2. The lowest BCUT2D eigenvalue weighted by Gasteiger charge is -2.26. The Morgan fingerprint density at radius 1 is 1.21 bits per heavy atom. The Hall–Kier alpha value is -3.17. The van der Waals surface area contributed by atoms with Gasteiger partial charge in [0.1, 0.15) is 5.69 Å². The van der Waals surface area contributed by atoms with Crippen LogP contribution < -0.4 is 10.2 Å². The monoisotopic (exact) mass is 410 g/mol. The van der Waals surface area contributed by atoms with E-state index in [-0.39, 0.29) is 23.2 Å². The average Bonchev–Trinajstić information content (AvgIpc) is 2.60. The van der Waals surface area contributed by atoms with Crippen molar-refractivity contribution in [1.82, 2.24) is 9.97 Å². The molecule has 0 aliphatic heterocycles. The minimum absolute atomic E-state index is 0.0576. The summed E-state index contributed by atoms with van der Waals surface area (Å²) in [5, 5.41) is 11.5. The molecule has 0 fully saturated rings. The normalized spacial score (nSPS) is 11.4. The highest BCUT2D eigenvalue weighted by atomic mass is 19.4. The number of aromatic nitrogens is 2. The smallest absolute Gasteiger partial charge is 0.433 e. The van der Waals surface area contributed by atoms with Crippen LogP contribution in [0.1, 0.15) is 52.9 Å². The number of hydrogen-bond acceptors (Lipinski definition) is 5. The van der Waals surface area contributed by atoms with Crippen molar-refractivity contribution < 1.29 is 27.9 Å². The quantitative estimate of drug-likeness (QED) is 0.748. The molecule has 2 rings (SSSR count). The van der Waals surface area contributed by atoms with Crippen LogP contribution in [0.5, 0.6) is 0 Å². The largest absolute Gasteiger partial charge is 0.478 e. The SMILES string of the molecule is CCN(c1nc(C(=O)Nc2ccc(C(=O)O)c(C)c2)cc(C(F)(F)F)n1)C(C)C. The summed E-state index contributed by atoms with van der Waals surface area (Å²) in [5.74, 6) is -2.18. The topological polar surface area (TPSA) is 95.4 Å². The fourth-order valence-electron chi connectivity index (χ4n) is 2.74. The van der Waals surface area contributed by atoms with E-state index in [1.807, 2.05) is 0 Å². The van der Waals surface area contributed by atoms with Crippen molar-refractivity contribution in [1.29, 1.82) is 0 Å². The molecule has 10 heteroatoms. The standard InChI is InChI=1S/C19H21F3N4O3/c1-5-26(10(2)3)18-24-14(9-15(25-18)19(20,21)22)16(27)23-12-6-7-13(17(28)29)11(4)8-12/h6-10H,5H2,1-4H3,(H,23,27)(H,28,29). The van der Waals surface area contributed by atoms with Crippen LogP contribution in [0.25, 0.3) is 0 Å². The highest BCUT2D eigenvalue weighted by molar-refractivity contribution is 6.03. The van der Waals surface area contributed by atoms with Gasteiger partial charge in [-0.2, -0.15) is 13.2 Å². The van der Waals surface area contributed by atoms with Crippen molar-refractivity contribution in [3.05, 3.63) is 46.8 Å². The third-order valence-corrected chi connectivity index (χ3v) is 4.17. The number of carbonyl (C=O) groups excluding carboxylic acids is 1. The second-order valence-electron chi connectivity index (χ2n) is 6.60. The lowest BCUT2D eigenvalue weighted by Crippen LogP contribution is -2.33. The molecule has 0 saturated heterocycles. The number of carboxylic acids is 1. The molecule has 0 atom stereocenters. The van der Waals surface area contributed by atoms with Gasteiger partial charge in [-0.3, -0.25) is 4.79 Å². The number of anilines is 2. The highest BCUT2D eigenvalue weighted by Crippen LogP contribution is 2.30. The van der Waals surface area contributed by atoms with Crippen molar-refractivity contribution in [2.24, 2.45) is 0 Å². The Morgan fingerprint density at radius 3 is 2.34 bits per heavy atom. The van der Waals surface area contributed by atoms with Crippen LogP contribution in [0.2, 0.25) is 0 Å². The van der Waals surface area contributed by atoms with Gasteiger partial charge >= 0.3 is 12.1 Å². The van der Waals surface area contributed by atoms with Gasteiger partial charge in [0.2, 0.25) is 5.95 Å². The van der Waals surface area contributed by atoms with Gasteiger partial charge in [0.15, 0.2) is 5.69 Å². The molecule has 1 heterocycles.